The monoisotopic (exact) mass is 347 g/mol. The van der Waals surface area contributed by atoms with Gasteiger partial charge in [0.2, 0.25) is 10.0 Å². The Hall–Kier alpha value is -0.920. The zero-order chi connectivity index (χ0) is 14.4. The summed E-state index contributed by atoms with van der Waals surface area (Å²) in [5, 5.41) is 9.05. The first-order valence-corrected chi connectivity index (χ1v) is 8.00. The minimum atomic E-state index is -3.82. The van der Waals surface area contributed by atoms with Crippen molar-refractivity contribution in [2.24, 2.45) is 0 Å². The minimum Gasteiger partial charge on any atom is -0.480 e. The van der Waals surface area contributed by atoms with Crippen LogP contribution in [-0.2, 0) is 14.8 Å². The fraction of sp³-hybridized carbons (Fsp3) is 0.417. The molecule has 0 radical (unpaired) electrons. The molecule has 0 unspecified atom stereocenters. The number of rotatable bonds is 4. The molecule has 0 amide bonds. The number of carboxylic acids is 1. The topological polar surface area (TPSA) is 83.5 Å². The maximum atomic E-state index is 12.3. The molecule has 0 heterocycles. The van der Waals surface area contributed by atoms with Crippen LogP contribution in [0.3, 0.4) is 0 Å². The number of aryl methyl sites for hydroxylation is 2. The van der Waals surface area contributed by atoms with E-state index in [9.17, 15) is 13.2 Å². The molecule has 7 heteroatoms. The third-order valence-electron chi connectivity index (χ3n) is 3.23. The molecule has 1 fully saturated rings. The highest BCUT2D eigenvalue weighted by atomic mass is 79.9. The van der Waals surface area contributed by atoms with Crippen LogP contribution in [0.4, 0.5) is 0 Å². The van der Waals surface area contributed by atoms with E-state index in [2.05, 4.69) is 20.7 Å². The van der Waals surface area contributed by atoms with Crippen molar-refractivity contribution in [3.05, 3.63) is 27.7 Å². The van der Waals surface area contributed by atoms with Gasteiger partial charge in [0.25, 0.3) is 0 Å². The van der Waals surface area contributed by atoms with E-state index >= 15 is 0 Å². The maximum absolute atomic E-state index is 12.3. The molecule has 1 aromatic rings. The van der Waals surface area contributed by atoms with Gasteiger partial charge in [-0.05, 0) is 49.9 Å². The van der Waals surface area contributed by atoms with Gasteiger partial charge in [-0.25, -0.2) is 8.42 Å². The van der Waals surface area contributed by atoms with Crippen LogP contribution in [-0.4, -0.2) is 25.0 Å². The fourth-order valence-corrected chi connectivity index (χ4v) is 4.03. The Labute approximate surface area is 120 Å². The van der Waals surface area contributed by atoms with Crippen molar-refractivity contribution in [3.63, 3.8) is 0 Å². The molecule has 0 aliphatic heterocycles. The predicted octanol–water partition coefficient (Wildman–Crippen LogP) is 1.96. The summed E-state index contributed by atoms with van der Waals surface area (Å²) in [7, 11) is -3.82. The Morgan fingerprint density at radius 3 is 2.37 bits per heavy atom. The number of hydrogen-bond donors (Lipinski definition) is 2. The molecule has 2 N–H and O–H groups in total. The van der Waals surface area contributed by atoms with E-state index in [0.29, 0.717) is 18.4 Å². The molecule has 5 nitrogen and oxygen atoms in total. The number of carboxylic acid groups (broad SMARTS) is 1. The molecular formula is C12H14BrNO4S. The van der Waals surface area contributed by atoms with Crippen LogP contribution < -0.4 is 4.72 Å². The molecule has 0 aromatic heterocycles. The summed E-state index contributed by atoms with van der Waals surface area (Å²) < 4.78 is 27.7. The second-order valence-electron chi connectivity index (χ2n) is 4.86. The van der Waals surface area contributed by atoms with E-state index in [-0.39, 0.29) is 4.90 Å². The van der Waals surface area contributed by atoms with Gasteiger partial charge in [-0.1, -0.05) is 15.9 Å². The molecule has 0 spiro atoms. The van der Waals surface area contributed by atoms with E-state index in [0.717, 1.165) is 10.0 Å². The number of benzene rings is 1. The van der Waals surface area contributed by atoms with Gasteiger partial charge in [-0.2, -0.15) is 4.72 Å². The lowest BCUT2D eigenvalue weighted by Gasteiger charge is -2.15. The van der Waals surface area contributed by atoms with Crippen LogP contribution in [0.1, 0.15) is 24.0 Å². The van der Waals surface area contributed by atoms with E-state index in [4.69, 9.17) is 5.11 Å². The van der Waals surface area contributed by atoms with E-state index in [1.165, 1.54) is 0 Å². The molecule has 104 valence electrons. The van der Waals surface area contributed by atoms with E-state index < -0.39 is 21.5 Å². The smallest absolute Gasteiger partial charge is 0.324 e. The second kappa shape index (κ2) is 4.57. The Morgan fingerprint density at radius 1 is 1.32 bits per heavy atom. The molecule has 0 atom stereocenters. The van der Waals surface area contributed by atoms with Crippen LogP contribution in [0, 0.1) is 13.8 Å². The summed E-state index contributed by atoms with van der Waals surface area (Å²) in [6.07, 6.45) is 0.659. The molecule has 0 bridgehead atoms. The third-order valence-corrected chi connectivity index (χ3v) is 5.77. The first kappa shape index (κ1) is 14.5. The van der Waals surface area contributed by atoms with Crippen molar-refractivity contribution in [1.82, 2.24) is 4.72 Å². The van der Waals surface area contributed by atoms with Gasteiger partial charge in [0, 0.05) is 4.47 Å². The van der Waals surface area contributed by atoms with Crippen LogP contribution in [0.5, 0.6) is 0 Å². The standard InChI is InChI=1S/C12H14BrNO4S/c1-7-6-10(8(2)5-9(7)13)19(17,18)14-12(3-4-12)11(15)16/h5-6,14H,3-4H2,1-2H3,(H,15,16). The Kier molecular flexibility index (Phi) is 3.49. The van der Waals surface area contributed by atoms with Crippen LogP contribution >= 0.6 is 15.9 Å². The second-order valence-corrected chi connectivity index (χ2v) is 7.36. The van der Waals surface area contributed by atoms with Crippen LogP contribution in [0.2, 0.25) is 0 Å². The van der Waals surface area contributed by atoms with E-state index in [1.807, 2.05) is 0 Å². The van der Waals surface area contributed by atoms with Gasteiger partial charge in [-0.3, -0.25) is 4.79 Å². The molecule has 1 aromatic carbocycles. The minimum absolute atomic E-state index is 0.126. The number of carbonyl (C=O) groups is 1. The average molecular weight is 348 g/mol. The Bertz CT molecular complexity index is 650. The highest BCUT2D eigenvalue weighted by Gasteiger charge is 2.53. The SMILES string of the molecule is Cc1cc(S(=O)(=O)NC2(C(=O)O)CC2)c(C)cc1Br. The lowest BCUT2D eigenvalue weighted by molar-refractivity contribution is -0.140. The third kappa shape index (κ3) is 2.68. The number of hydrogen-bond acceptors (Lipinski definition) is 3. The van der Waals surface area contributed by atoms with Gasteiger partial charge in [0.15, 0.2) is 0 Å². The first-order valence-electron chi connectivity index (χ1n) is 5.72. The number of sulfonamides is 1. The van der Waals surface area contributed by atoms with Gasteiger partial charge < -0.3 is 5.11 Å². The van der Waals surface area contributed by atoms with Gasteiger partial charge in [0.1, 0.15) is 5.54 Å². The number of nitrogens with one attached hydrogen (secondary N) is 1. The average Bonchev–Trinajstić information content (AvgIpc) is 3.03. The molecule has 1 aliphatic carbocycles. The summed E-state index contributed by atoms with van der Waals surface area (Å²) in [6, 6.07) is 3.25. The molecule has 0 saturated heterocycles. The number of halogens is 1. The van der Waals surface area contributed by atoms with Crippen molar-refractivity contribution < 1.29 is 18.3 Å². The molecule has 19 heavy (non-hydrogen) atoms. The summed E-state index contributed by atoms with van der Waals surface area (Å²) >= 11 is 3.33. The van der Waals surface area contributed by atoms with Crippen LogP contribution in [0.15, 0.2) is 21.5 Å². The molecular weight excluding hydrogens is 334 g/mol. The quantitative estimate of drug-likeness (QED) is 0.871. The predicted molar refractivity (Wildman–Crippen MR) is 73.5 cm³/mol. The lowest BCUT2D eigenvalue weighted by Crippen LogP contribution is -2.43. The normalized spacial score (nSPS) is 17.2. The zero-order valence-corrected chi connectivity index (χ0v) is 12.9. The van der Waals surface area contributed by atoms with Gasteiger partial charge in [0.05, 0.1) is 4.90 Å². The maximum Gasteiger partial charge on any atom is 0.324 e. The van der Waals surface area contributed by atoms with Gasteiger partial charge in [-0.15, -0.1) is 0 Å². The van der Waals surface area contributed by atoms with Crippen LogP contribution in [0.25, 0.3) is 0 Å². The summed E-state index contributed by atoms with van der Waals surface area (Å²) in [4.78, 5) is 11.2. The summed E-state index contributed by atoms with van der Waals surface area (Å²) in [5.74, 6) is -1.12. The Morgan fingerprint density at radius 2 is 1.89 bits per heavy atom. The van der Waals surface area contributed by atoms with Crippen molar-refractivity contribution >= 4 is 31.9 Å². The Balaban J connectivity index is 2.41. The molecule has 2 rings (SSSR count). The zero-order valence-electron chi connectivity index (χ0n) is 10.5. The summed E-state index contributed by atoms with van der Waals surface area (Å²) in [5.41, 5.74) is 0.0454. The highest BCUT2D eigenvalue weighted by Crippen LogP contribution is 2.37. The van der Waals surface area contributed by atoms with Crippen molar-refractivity contribution in [2.75, 3.05) is 0 Å². The first-order chi connectivity index (χ1) is 8.68. The summed E-state index contributed by atoms with van der Waals surface area (Å²) in [6.45, 7) is 3.46. The largest absolute Gasteiger partial charge is 0.480 e. The highest BCUT2D eigenvalue weighted by molar-refractivity contribution is 9.10. The van der Waals surface area contributed by atoms with Crippen molar-refractivity contribution in [1.29, 1.82) is 0 Å². The number of aliphatic carboxylic acids is 1. The van der Waals surface area contributed by atoms with Crippen molar-refractivity contribution in [3.8, 4) is 0 Å². The fourth-order valence-electron chi connectivity index (χ4n) is 1.84. The molecule has 1 aliphatic rings. The van der Waals surface area contributed by atoms with E-state index in [1.54, 1.807) is 26.0 Å². The lowest BCUT2D eigenvalue weighted by atomic mass is 10.2. The van der Waals surface area contributed by atoms with Crippen molar-refractivity contribution in [2.45, 2.75) is 37.1 Å². The van der Waals surface area contributed by atoms with Gasteiger partial charge >= 0.3 is 5.97 Å². The molecule has 1 saturated carbocycles.